The van der Waals surface area contributed by atoms with Crippen LogP contribution in [0.2, 0.25) is 5.02 Å². The van der Waals surface area contributed by atoms with E-state index in [0.29, 0.717) is 10.6 Å². The van der Waals surface area contributed by atoms with Gasteiger partial charge < -0.3 is 10.2 Å². The van der Waals surface area contributed by atoms with Crippen LogP contribution in [0.25, 0.3) is 0 Å². The van der Waals surface area contributed by atoms with Crippen LogP contribution < -0.4 is 5.32 Å². The standard InChI is InChI=1S/C18H20ClFN2O/c1-22(2)12-11-17(13-7-9-14(20)10-8-13)21-18(23)15-5-3-4-6-16(15)19/h3-10,17H,11-12H2,1-2H3,(H,21,23). The second-order valence-corrected chi connectivity index (χ2v) is 6.06. The van der Waals surface area contributed by atoms with Crippen molar-refractivity contribution in [2.75, 3.05) is 20.6 Å². The van der Waals surface area contributed by atoms with E-state index < -0.39 is 0 Å². The second-order valence-electron chi connectivity index (χ2n) is 5.65. The molecule has 1 amide bonds. The van der Waals surface area contributed by atoms with Gasteiger partial charge in [0, 0.05) is 0 Å². The number of carbonyl (C=O) groups is 1. The molecule has 0 heterocycles. The molecule has 3 nitrogen and oxygen atoms in total. The van der Waals surface area contributed by atoms with Gasteiger partial charge in [0.15, 0.2) is 0 Å². The fraction of sp³-hybridized carbons (Fsp3) is 0.278. The van der Waals surface area contributed by atoms with Crippen molar-refractivity contribution in [3.05, 3.63) is 70.5 Å². The number of rotatable bonds is 6. The highest BCUT2D eigenvalue weighted by Gasteiger charge is 2.17. The van der Waals surface area contributed by atoms with Gasteiger partial charge in [-0.05, 0) is 56.9 Å². The Balaban J connectivity index is 2.18. The van der Waals surface area contributed by atoms with Gasteiger partial charge in [0.2, 0.25) is 0 Å². The maximum atomic E-state index is 13.1. The summed E-state index contributed by atoms with van der Waals surface area (Å²) in [6.45, 7) is 0.796. The lowest BCUT2D eigenvalue weighted by Gasteiger charge is -2.21. The SMILES string of the molecule is CN(C)CCC(NC(=O)c1ccccc1Cl)c1ccc(F)cc1. The van der Waals surface area contributed by atoms with E-state index in [9.17, 15) is 9.18 Å². The van der Waals surface area contributed by atoms with Crippen molar-refractivity contribution in [3.63, 3.8) is 0 Å². The maximum Gasteiger partial charge on any atom is 0.253 e. The lowest BCUT2D eigenvalue weighted by Crippen LogP contribution is -2.31. The molecule has 23 heavy (non-hydrogen) atoms. The van der Waals surface area contributed by atoms with Crippen LogP contribution in [0.3, 0.4) is 0 Å². The fourth-order valence-electron chi connectivity index (χ4n) is 2.29. The molecule has 0 saturated carbocycles. The highest BCUT2D eigenvalue weighted by molar-refractivity contribution is 6.33. The normalized spacial score (nSPS) is 12.2. The minimum Gasteiger partial charge on any atom is -0.345 e. The number of carbonyl (C=O) groups excluding carboxylic acids is 1. The molecule has 122 valence electrons. The van der Waals surface area contributed by atoms with Crippen LogP contribution in [0.5, 0.6) is 0 Å². The van der Waals surface area contributed by atoms with Crippen LogP contribution in [0, 0.1) is 5.82 Å². The van der Waals surface area contributed by atoms with Gasteiger partial charge in [-0.1, -0.05) is 35.9 Å². The summed E-state index contributed by atoms with van der Waals surface area (Å²) in [5.41, 5.74) is 1.31. The summed E-state index contributed by atoms with van der Waals surface area (Å²) < 4.78 is 13.1. The quantitative estimate of drug-likeness (QED) is 0.869. The number of nitrogens with one attached hydrogen (secondary N) is 1. The third-order valence-electron chi connectivity index (χ3n) is 3.56. The fourth-order valence-corrected chi connectivity index (χ4v) is 2.51. The van der Waals surface area contributed by atoms with E-state index in [1.807, 2.05) is 19.0 Å². The summed E-state index contributed by atoms with van der Waals surface area (Å²) in [5.74, 6) is -0.527. The van der Waals surface area contributed by atoms with Gasteiger partial charge in [-0.15, -0.1) is 0 Å². The molecule has 0 spiro atoms. The molecule has 1 atom stereocenters. The van der Waals surface area contributed by atoms with E-state index in [1.54, 1.807) is 36.4 Å². The molecule has 0 aliphatic rings. The minimum atomic E-state index is -0.294. The lowest BCUT2D eigenvalue weighted by molar-refractivity contribution is 0.0933. The van der Waals surface area contributed by atoms with Crippen LogP contribution in [0.4, 0.5) is 4.39 Å². The van der Waals surface area contributed by atoms with Crippen LogP contribution >= 0.6 is 11.6 Å². The molecular formula is C18H20ClFN2O. The van der Waals surface area contributed by atoms with Crippen molar-refractivity contribution in [1.29, 1.82) is 0 Å². The van der Waals surface area contributed by atoms with Crippen molar-refractivity contribution in [2.24, 2.45) is 0 Å². The topological polar surface area (TPSA) is 32.3 Å². The Kier molecular flexibility index (Phi) is 6.13. The Labute approximate surface area is 141 Å². The summed E-state index contributed by atoms with van der Waals surface area (Å²) in [6, 6.07) is 12.9. The largest absolute Gasteiger partial charge is 0.345 e. The summed E-state index contributed by atoms with van der Waals surface area (Å²) in [6.07, 6.45) is 0.717. The van der Waals surface area contributed by atoms with Gasteiger partial charge in [-0.3, -0.25) is 4.79 Å². The van der Waals surface area contributed by atoms with Crippen molar-refractivity contribution < 1.29 is 9.18 Å². The predicted octanol–water partition coefficient (Wildman–Crippen LogP) is 3.90. The molecule has 5 heteroatoms. The molecule has 2 aromatic rings. The minimum absolute atomic E-state index is 0.207. The van der Waals surface area contributed by atoms with Crippen LogP contribution in [-0.4, -0.2) is 31.4 Å². The van der Waals surface area contributed by atoms with E-state index in [-0.39, 0.29) is 17.8 Å². The monoisotopic (exact) mass is 334 g/mol. The summed E-state index contributed by atoms with van der Waals surface area (Å²) in [4.78, 5) is 14.5. The van der Waals surface area contributed by atoms with Crippen molar-refractivity contribution in [1.82, 2.24) is 10.2 Å². The molecule has 0 radical (unpaired) electrons. The Morgan fingerprint density at radius 2 is 1.83 bits per heavy atom. The van der Waals surface area contributed by atoms with E-state index >= 15 is 0 Å². The molecule has 0 aliphatic heterocycles. The van der Waals surface area contributed by atoms with Crippen LogP contribution in [0.15, 0.2) is 48.5 Å². The Morgan fingerprint density at radius 3 is 2.43 bits per heavy atom. The smallest absolute Gasteiger partial charge is 0.253 e. The molecule has 0 bridgehead atoms. The zero-order valence-electron chi connectivity index (χ0n) is 13.2. The van der Waals surface area contributed by atoms with Gasteiger partial charge in [0.25, 0.3) is 5.91 Å². The van der Waals surface area contributed by atoms with E-state index in [2.05, 4.69) is 5.32 Å². The number of hydrogen-bond donors (Lipinski definition) is 1. The first kappa shape index (κ1) is 17.4. The molecule has 1 N–H and O–H groups in total. The summed E-state index contributed by atoms with van der Waals surface area (Å²) in [7, 11) is 3.94. The third-order valence-corrected chi connectivity index (χ3v) is 3.89. The summed E-state index contributed by atoms with van der Waals surface area (Å²) in [5, 5.41) is 3.41. The van der Waals surface area contributed by atoms with E-state index in [1.165, 1.54) is 12.1 Å². The third kappa shape index (κ3) is 5.05. The van der Waals surface area contributed by atoms with Gasteiger partial charge in [-0.2, -0.15) is 0 Å². The first-order valence-electron chi connectivity index (χ1n) is 7.43. The summed E-state index contributed by atoms with van der Waals surface area (Å²) >= 11 is 6.08. The highest BCUT2D eigenvalue weighted by atomic mass is 35.5. The van der Waals surface area contributed by atoms with E-state index in [4.69, 9.17) is 11.6 Å². The van der Waals surface area contributed by atoms with Crippen LogP contribution in [-0.2, 0) is 0 Å². The van der Waals surface area contributed by atoms with Gasteiger partial charge >= 0.3 is 0 Å². The van der Waals surface area contributed by atoms with Crippen molar-refractivity contribution >= 4 is 17.5 Å². The molecule has 0 saturated heterocycles. The number of benzene rings is 2. The lowest BCUT2D eigenvalue weighted by atomic mass is 10.0. The molecule has 0 aliphatic carbocycles. The number of hydrogen-bond acceptors (Lipinski definition) is 2. The molecular weight excluding hydrogens is 315 g/mol. The average molecular weight is 335 g/mol. The maximum absolute atomic E-state index is 13.1. The average Bonchev–Trinajstić information content (AvgIpc) is 2.52. The highest BCUT2D eigenvalue weighted by Crippen LogP contribution is 2.20. The number of amides is 1. The first-order chi connectivity index (χ1) is 11.0. The van der Waals surface area contributed by atoms with Gasteiger partial charge in [-0.25, -0.2) is 4.39 Å². The Morgan fingerprint density at radius 1 is 1.17 bits per heavy atom. The van der Waals surface area contributed by atoms with Crippen LogP contribution in [0.1, 0.15) is 28.4 Å². The molecule has 0 fully saturated rings. The zero-order valence-corrected chi connectivity index (χ0v) is 14.0. The van der Waals surface area contributed by atoms with E-state index in [0.717, 1.165) is 18.5 Å². The molecule has 2 rings (SSSR count). The van der Waals surface area contributed by atoms with Gasteiger partial charge in [0.05, 0.1) is 16.6 Å². The Bertz CT molecular complexity index is 658. The van der Waals surface area contributed by atoms with Crippen molar-refractivity contribution in [3.8, 4) is 0 Å². The number of halogens is 2. The molecule has 1 unspecified atom stereocenters. The van der Waals surface area contributed by atoms with Gasteiger partial charge in [0.1, 0.15) is 5.82 Å². The Hall–Kier alpha value is -1.91. The first-order valence-corrected chi connectivity index (χ1v) is 7.81. The van der Waals surface area contributed by atoms with Crippen molar-refractivity contribution in [2.45, 2.75) is 12.5 Å². The predicted molar refractivity (Wildman–Crippen MR) is 91.2 cm³/mol. The molecule has 2 aromatic carbocycles. The molecule has 0 aromatic heterocycles. The zero-order chi connectivity index (χ0) is 16.8. The number of nitrogens with zero attached hydrogens (tertiary/aromatic N) is 1. The second kappa shape index (κ2) is 8.09.